The molecule has 9 heteroatoms. The Morgan fingerprint density at radius 3 is 2.27 bits per heavy atom. The van der Waals surface area contributed by atoms with Gasteiger partial charge in [-0.05, 0) is 19.3 Å². The summed E-state index contributed by atoms with van der Waals surface area (Å²) in [5.41, 5.74) is 0.256. The summed E-state index contributed by atoms with van der Waals surface area (Å²) in [5, 5.41) is 9.29. The number of allylic oxidation sites excluding steroid dienone is 1. The van der Waals surface area contributed by atoms with Crippen LogP contribution in [0.25, 0.3) is 0 Å². The number of amides is 2. The summed E-state index contributed by atoms with van der Waals surface area (Å²) in [6.45, 7) is 9.21. The summed E-state index contributed by atoms with van der Waals surface area (Å²) in [7, 11) is 0. The molecule has 1 rings (SSSR count). The highest BCUT2D eigenvalue weighted by atomic mass is 19.4. The largest absolute Gasteiger partial charge is 0.481 e. The minimum Gasteiger partial charge on any atom is -0.481 e. The number of alkyl halides is 3. The molecule has 1 aliphatic rings. The maximum absolute atomic E-state index is 13.7. The fraction of sp³-hybridized carbons (Fsp3) is 0.706. The number of hydrogen-bond acceptors (Lipinski definition) is 4. The quantitative estimate of drug-likeness (QED) is 0.685. The molecule has 1 saturated heterocycles. The topological polar surface area (TPSA) is 83.9 Å². The lowest BCUT2D eigenvalue weighted by Crippen LogP contribution is -2.50. The van der Waals surface area contributed by atoms with E-state index in [1.807, 2.05) is 0 Å². The van der Waals surface area contributed by atoms with Crippen LogP contribution in [0.15, 0.2) is 12.2 Å². The molecule has 6 nitrogen and oxygen atoms in total. The standard InChI is InChI=1S/C17H24F3NO5/c1-8(2)6-11(15(23)24)13(17(18,19)20)10(5)14(22)21-12(9(3)4)7-26-16(21)25/h9-13H,1,6-7H2,2-5H3,(H,23,24)/t10-,11-,12-,13+/m1/s1. The number of imide groups is 1. The molecule has 0 radical (unpaired) electrons. The van der Waals surface area contributed by atoms with Crippen molar-refractivity contribution in [2.24, 2.45) is 23.7 Å². The molecular formula is C17H24F3NO5. The zero-order valence-corrected chi connectivity index (χ0v) is 15.2. The second kappa shape index (κ2) is 8.09. The minimum atomic E-state index is -4.94. The lowest BCUT2D eigenvalue weighted by Gasteiger charge is -2.33. The van der Waals surface area contributed by atoms with Crippen molar-refractivity contribution in [3.05, 3.63) is 12.2 Å². The van der Waals surface area contributed by atoms with Gasteiger partial charge in [0, 0.05) is 5.92 Å². The molecule has 1 fully saturated rings. The molecule has 148 valence electrons. The maximum Gasteiger partial charge on any atom is 0.416 e. The van der Waals surface area contributed by atoms with E-state index >= 15 is 0 Å². The highest BCUT2D eigenvalue weighted by molar-refractivity contribution is 5.95. The summed E-state index contributed by atoms with van der Waals surface area (Å²) < 4.78 is 45.8. The third-order valence-electron chi connectivity index (χ3n) is 4.54. The fourth-order valence-corrected chi connectivity index (χ4v) is 3.16. The van der Waals surface area contributed by atoms with Gasteiger partial charge in [0.15, 0.2) is 0 Å². The summed E-state index contributed by atoms with van der Waals surface area (Å²) >= 11 is 0. The molecule has 0 bridgehead atoms. The molecular weight excluding hydrogens is 355 g/mol. The first kappa shape index (κ1) is 22.0. The van der Waals surface area contributed by atoms with Crippen molar-refractivity contribution in [2.75, 3.05) is 6.61 Å². The van der Waals surface area contributed by atoms with Gasteiger partial charge in [-0.15, -0.1) is 6.58 Å². The van der Waals surface area contributed by atoms with Crippen LogP contribution in [-0.4, -0.2) is 46.8 Å². The number of carboxylic acids is 1. The van der Waals surface area contributed by atoms with Crippen molar-refractivity contribution in [2.45, 2.75) is 46.3 Å². The average molecular weight is 379 g/mol. The van der Waals surface area contributed by atoms with Crippen LogP contribution in [0.3, 0.4) is 0 Å². The van der Waals surface area contributed by atoms with E-state index in [4.69, 9.17) is 4.74 Å². The third kappa shape index (κ3) is 4.76. The first-order valence-electron chi connectivity index (χ1n) is 8.22. The lowest BCUT2D eigenvalue weighted by molar-refractivity contribution is -0.210. The summed E-state index contributed by atoms with van der Waals surface area (Å²) in [6.07, 6.45) is -6.37. The number of cyclic esters (lactones) is 1. The number of carboxylic acid groups (broad SMARTS) is 1. The monoisotopic (exact) mass is 379 g/mol. The van der Waals surface area contributed by atoms with Crippen molar-refractivity contribution in [3.63, 3.8) is 0 Å². The van der Waals surface area contributed by atoms with Crippen molar-refractivity contribution >= 4 is 18.0 Å². The van der Waals surface area contributed by atoms with Crippen LogP contribution >= 0.6 is 0 Å². The SMILES string of the molecule is C=C(C)C[C@@H](C(=O)O)[C@H]([C@@H](C)C(=O)N1C(=O)OC[C@@H]1C(C)C)C(F)(F)F. The first-order chi connectivity index (χ1) is 11.8. The van der Waals surface area contributed by atoms with Gasteiger partial charge in [0.2, 0.25) is 5.91 Å². The Kier molecular flexibility index (Phi) is 6.84. The second-order valence-corrected chi connectivity index (χ2v) is 7.06. The molecule has 1 N–H and O–H groups in total. The van der Waals surface area contributed by atoms with E-state index in [-0.39, 0.29) is 18.1 Å². The molecule has 0 spiro atoms. The van der Waals surface area contributed by atoms with E-state index in [1.165, 1.54) is 6.92 Å². The number of aliphatic carboxylic acids is 1. The lowest BCUT2D eigenvalue weighted by atomic mass is 9.78. The van der Waals surface area contributed by atoms with Gasteiger partial charge in [0.05, 0.1) is 17.9 Å². The summed E-state index contributed by atoms with van der Waals surface area (Å²) in [6, 6.07) is -0.684. The molecule has 2 amide bonds. The van der Waals surface area contributed by atoms with Gasteiger partial charge < -0.3 is 9.84 Å². The Labute approximate surface area is 150 Å². The van der Waals surface area contributed by atoms with Gasteiger partial charge in [-0.2, -0.15) is 13.2 Å². The van der Waals surface area contributed by atoms with Gasteiger partial charge in [-0.25, -0.2) is 9.69 Å². The number of hydrogen-bond donors (Lipinski definition) is 1. The number of halogens is 3. The number of nitrogens with zero attached hydrogens (tertiary/aromatic N) is 1. The number of carbonyl (C=O) groups is 3. The van der Waals surface area contributed by atoms with E-state index in [1.54, 1.807) is 13.8 Å². The molecule has 0 aromatic carbocycles. The van der Waals surface area contributed by atoms with E-state index in [2.05, 4.69) is 6.58 Å². The average Bonchev–Trinajstić information content (AvgIpc) is 2.85. The zero-order chi connectivity index (χ0) is 20.4. The zero-order valence-electron chi connectivity index (χ0n) is 15.2. The predicted molar refractivity (Wildman–Crippen MR) is 86.1 cm³/mol. The molecule has 1 aliphatic heterocycles. The predicted octanol–water partition coefficient (Wildman–Crippen LogP) is 3.47. The smallest absolute Gasteiger partial charge is 0.416 e. The van der Waals surface area contributed by atoms with Crippen molar-refractivity contribution in [1.29, 1.82) is 0 Å². The molecule has 0 aromatic rings. The molecule has 26 heavy (non-hydrogen) atoms. The molecule has 0 aromatic heterocycles. The third-order valence-corrected chi connectivity index (χ3v) is 4.54. The van der Waals surface area contributed by atoms with Crippen molar-refractivity contribution in [3.8, 4) is 0 Å². The van der Waals surface area contributed by atoms with Gasteiger partial charge in [-0.1, -0.05) is 26.3 Å². The molecule has 0 saturated carbocycles. The van der Waals surface area contributed by atoms with Crippen LogP contribution in [0.2, 0.25) is 0 Å². The van der Waals surface area contributed by atoms with E-state index in [0.717, 1.165) is 6.92 Å². The number of ether oxygens (including phenoxy) is 1. The number of carbonyl (C=O) groups excluding carboxylic acids is 2. The highest BCUT2D eigenvalue weighted by Crippen LogP contribution is 2.41. The van der Waals surface area contributed by atoms with Crippen molar-refractivity contribution in [1.82, 2.24) is 4.90 Å². The Morgan fingerprint density at radius 1 is 1.35 bits per heavy atom. The van der Waals surface area contributed by atoms with Gasteiger partial charge in [0.25, 0.3) is 0 Å². The van der Waals surface area contributed by atoms with Gasteiger partial charge >= 0.3 is 18.2 Å². The normalized spacial score (nSPS) is 21.3. The van der Waals surface area contributed by atoms with Crippen LogP contribution in [0, 0.1) is 23.7 Å². The summed E-state index contributed by atoms with van der Waals surface area (Å²) in [4.78, 5) is 36.7. The van der Waals surface area contributed by atoms with Crippen LogP contribution in [0.1, 0.15) is 34.1 Å². The van der Waals surface area contributed by atoms with Crippen LogP contribution in [-0.2, 0) is 14.3 Å². The second-order valence-electron chi connectivity index (χ2n) is 7.06. The van der Waals surface area contributed by atoms with E-state index in [9.17, 15) is 32.7 Å². The van der Waals surface area contributed by atoms with Crippen molar-refractivity contribution < 1.29 is 37.4 Å². The van der Waals surface area contributed by atoms with Crippen LogP contribution in [0.4, 0.5) is 18.0 Å². The highest BCUT2D eigenvalue weighted by Gasteiger charge is 2.54. The Balaban J connectivity index is 3.25. The Hall–Kier alpha value is -2.06. The minimum absolute atomic E-state index is 0.0975. The van der Waals surface area contributed by atoms with Crippen LogP contribution < -0.4 is 0 Å². The van der Waals surface area contributed by atoms with Gasteiger partial charge in [-0.3, -0.25) is 9.59 Å². The molecule has 0 aliphatic carbocycles. The summed E-state index contributed by atoms with van der Waals surface area (Å²) in [5.74, 6) is -9.05. The molecule has 0 unspecified atom stereocenters. The van der Waals surface area contributed by atoms with Crippen LogP contribution in [0.5, 0.6) is 0 Å². The fourth-order valence-electron chi connectivity index (χ4n) is 3.16. The molecule has 1 heterocycles. The maximum atomic E-state index is 13.7. The number of rotatable bonds is 7. The van der Waals surface area contributed by atoms with E-state index < -0.39 is 54.4 Å². The Bertz CT molecular complexity index is 587. The van der Waals surface area contributed by atoms with E-state index in [0.29, 0.717) is 4.90 Å². The Morgan fingerprint density at radius 2 is 1.88 bits per heavy atom. The van der Waals surface area contributed by atoms with Gasteiger partial charge in [0.1, 0.15) is 6.61 Å². The first-order valence-corrected chi connectivity index (χ1v) is 8.22. The molecule has 4 atom stereocenters.